The molecule has 1 heterocycles. The fraction of sp³-hybridized carbons (Fsp3) is 0. The van der Waals surface area contributed by atoms with Gasteiger partial charge in [-0.2, -0.15) is 10.4 Å². The van der Waals surface area contributed by atoms with Crippen LogP contribution in [0.2, 0.25) is 0 Å². The van der Waals surface area contributed by atoms with Gasteiger partial charge in [0.2, 0.25) is 11.3 Å². The maximum Gasteiger partial charge on any atom is 0.248 e. The van der Waals surface area contributed by atoms with Crippen molar-refractivity contribution in [1.82, 2.24) is 4.98 Å². The van der Waals surface area contributed by atoms with Crippen molar-refractivity contribution in [3.05, 3.63) is 40.7 Å². The van der Waals surface area contributed by atoms with Crippen LogP contribution >= 0.6 is 0 Å². The summed E-state index contributed by atoms with van der Waals surface area (Å²) >= 11 is 0. The molecule has 5 N–H and O–H groups in total. The van der Waals surface area contributed by atoms with E-state index in [0.717, 1.165) is 5.39 Å². The highest BCUT2D eigenvalue weighted by molar-refractivity contribution is 6.45. The van der Waals surface area contributed by atoms with Crippen LogP contribution in [-0.2, 0) is 0 Å². The monoisotopic (exact) mass is 254 g/mol. The number of amidine groups is 1. The lowest BCUT2D eigenvalue weighted by molar-refractivity contribution is 1.29. The first-order valence-electron chi connectivity index (χ1n) is 5.31. The third kappa shape index (κ3) is 2.76. The number of rotatable bonds is 3. The number of pyridine rings is 1. The lowest BCUT2D eigenvalue weighted by Gasteiger charge is -2.03. The average molecular weight is 254 g/mol. The first kappa shape index (κ1) is 12.3. The molecule has 0 saturated carbocycles. The quantitative estimate of drug-likeness (QED) is 0.365. The van der Waals surface area contributed by atoms with Crippen LogP contribution in [0.25, 0.3) is 10.9 Å². The normalized spacial score (nSPS) is 11.0. The van der Waals surface area contributed by atoms with Gasteiger partial charge in [0.1, 0.15) is 6.07 Å². The number of anilines is 1. The fourth-order valence-electron chi connectivity index (χ4n) is 1.49. The van der Waals surface area contributed by atoms with E-state index in [0.29, 0.717) is 11.2 Å². The number of benzene rings is 1. The number of H-pyrrole nitrogens is 1. The third-order valence-corrected chi connectivity index (χ3v) is 2.38. The summed E-state index contributed by atoms with van der Waals surface area (Å²) in [7, 11) is 0. The van der Waals surface area contributed by atoms with E-state index < -0.39 is 5.84 Å². The van der Waals surface area contributed by atoms with Crippen LogP contribution in [0, 0.1) is 16.7 Å². The van der Waals surface area contributed by atoms with E-state index in [1.54, 1.807) is 30.3 Å². The highest BCUT2D eigenvalue weighted by Crippen LogP contribution is 2.15. The summed E-state index contributed by atoms with van der Waals surface area (Å²) in [5, 5.41) is 20.4. The Morgan fingerprint density at radius 3 is 2.84 bits per heavy atom. The molecule has 7 nitrogen and oxygen atoms in total. The van der Waals surface area contributed by atoms with Gasteiger partial charge in [-0.3, -0.25) is 15.6 Å². The van der Waals surface area contributed by atoms with Crippen LogP contribution in [0.5, 0.6) is 0 Å². The Labute approximate surface area is 107 Å². The van der Waals surface area contributed by atoms with Gasteiger partial charge >= 0.3 is 0 Å². The standard InChI is InChI=1S/C12H10N6O/c13-6-10(12(14)15)18-17-8-3-1-7-2-4-11(19)16-9(7)5-8/h1-5,17H,(H3,14,15)(H,16,19)/b18-10+. The summed E-state index contributed by atoms with van der Waals surface area (Å²) in [6.07, 6.45) is 0. The summed E-state index contributed by atoms with van der Waals surface area (Å²) < 4.78 is 0. The number of nitrogens with zero attached hydrogens (tertiary/aromatic N) is 2. The number of hydrazone groups is 1. The minimum Gasteiger partial charge on any atom is -0.382 e. The van der Waals surface area contributed by atoms with Crippen LogP contribution in [0.1, 0.15) is 0 Å². The number of fused-ring (bicyclic) bond motifs is 1. The number of nitriles is 1. The lowest BCUT2D eigenvalue weighted by Crippen LogP contribution is -2.21. The zero-order valence-corrected chi connectivity index (χ0v) is 9.77. The van der Waals surface area contributed by atoms with Gasteiger partial charge in [-0.25, -0.2) is 0 Å². The van der Waals surface area contributed by atoms with Gasteiger partial charge in [-0.1, -0.05) is 6.07 Å². The van der Waals surface area contributed by atoms with Crippen LogP contribution in [0.15, 0.2) is 40.2 Å². The largest absolute Gasteiger partial charge is 0.382 e. The number of nitrogens with one attached hydrogen (secondary N) is 3. The van der Waals surface area contributed by atoms with E-state index in [-0.39, 0.29) is 11.3 Å². The lowest BCUT2D eigenvalue weighted by atomic mass is 10.2. The van der Waals surface area contributed by atoms with Crippen LogP contribution in [0.4, 0.5) is 5.69 Å². The van der Waals surface area contributed by atoms with E-state index >= 15 is 0 Å². The minimum absolute atomic E-state index is 0.199. The Hall–Kier alpha value is -3.14. The fourth-order valence-corrected chi connectivity index (χ4v) is 1.49. The predicted octanol–water partition coefficient (Wildman–Crippen LogP) is 0.756. The molecule has 0 radical (unpaired) electrons. The van der Waals surface area contributed by atoms with Gasteiger partial charge in [-0.15, -0.1) is 0 Å². The van der Waals surface area contributed by atoms with E-state index in [9.17, 15) is 4.79 Å². The number of hydrogen-bond donors (Lipinski definition) is 4. The molecular formula is C12H10N6O. The van der Waals surface area contributed by atoms with Gasteiger partial charge in [0.05, 0.1) is 11.2 Å². The van der Waals surface area contributed by atoms with Crippen molar-refractivity contribution >= 4 is 28.1 Å². The Morgan fingerprint density at radius 2 is 2.16 bits per heavy atom. The molecule has 7 heteroatoms. The molecule has 2 rings (SSSR count). The smallest absolute Gasteiger partial charge is 0.248 e. The molecule has 0 spiro atoms. The van der Waals surface area contributed by atoms with E-state index in [2.05, 4.69) is 15.5 Å². The Balaban J connectivity index is 2.34. The molecular weight excluding hydrogens is 244 g/mol. The van der Waals surface area contributed by atoms with Crippen molar-refractivity contribution in [2.75, 3.05) is 5.43 Å². The molecule has 19 heavy (non-hydrogen) atoms. The Bertz CT molecular complexity index is 768. The predicted molar refractivity (Wildman–Crippen MR) is 73.2 cm³/mol. The Morgan fingerprint density at radius 1 is 1.42 bits per heavy atom. The number of hydrogen-bond acceptors (Lipinski definition) is 5. The molecule has 0 amide bonds. The van der Waals surface area contributed by atoms with Gasteiger partial charge < -0.3 is 10.7 Å². The first-order valence-corrected chi connectivity index (χ1v) is 5.31. The molecule has 1 aromatic carbocycles. The SMILES string of the molecule is N#C/C(=N\Nc1ccc2ccc(=O)[nH]c2c1)C(=N)N. The van der Waals surface area contributed by atoms with Gasteiger partial charge in [-0.05, 0) is 23.6 Å². The molecule has 0 aliphatic carbocycles. The van der Waals surface area contributed by atoms with Crippen molar-refractivity contribution in [2.45, 2.75) is 0 Å². The maximum absolute atomic E-state index is 11.2. The summed E-state index contributed by atoms with van der Waals surface area (Å²) in [6, 6.07) is 10.1. The van der Waals surface area contributed by atoms with Gasteiger partial charge in [0, 0.05) is 6.07 Å². The topological polar surface area (TPSA) is 131 Å². The van der Waals surface area contributed by atoms with Crippen molar-refractivity contribution in [3.63, 3.8) is 0 Å². The van der Waals surface area contributed by atoms with E-state index in [1.807, 2.05) is 0 Å². The molecule has 0 bridgehead atoms. The van der Waals surface area contributed by atoms with E-state index in [1.165, 1.54) is 6.07 Å². The highest BCUT2D eigenvalue weighted by Gasteiger charge is 2.01. The summed E-state index contributed by atoms with van der Waals surface area (Å²) in [5.74, 6) is -0.413. The van der Waals surface area contributed by atoms with Crippen molar-refractivity contribution < 1.29 is 0 Å². The molecule has 0 aliphatic rings. The van der Waals surface area contributed by atoms with E-state index in [4.69, 9.17) is 16.4 Å². The molecule has 0 unspecified atom stereocenters. The second-order valence-corrected chi connectivity index (χ2v) is 3.72. The molecule has 94 valence electrons. The van der Waals surface area contributed by atoms with Crippen molar-refractivity contribution in [2.24, 2.45) is 10.8 Å². The molecule has 1 aromatic heterocycles. The molecule has 2 aromatic rings. The zero-order valence-electron chi connectivity index (χ0n) is 9.77. The second-order valence-electron chi connectivity index (χ2n) is 3.72. The number of aromatic amines is 1. The molecule has 0 fully saturated rings. The van der Waals surface area contributed by atoms with Crippen LogP contribution < -0.4 is 16.7 Å². The van der Waals surface area contributed by atoms with Gasteiger partial charge in [0.15, 0.2) is 5.84 Å². The zero-order chi connectivity index (χ0) is 13.8. The van der Waals surface area contributed by atoms with Crippen LogP contribution in [0.3, 0.4) is 0 Å². The Kier molecular flexibility index (Phi) is 3.25. The number of aromatic nitrogens is 1. The summed E-state index contributed by atoms with van der Waals surface area (Å²) in [5.41, 5.74) is 8.59. The molecule has 0 saturated heterocycles. The second kappa shape index (κ2) is 5.01. The molecule has 0 atom stereocenters. The highest BCUT2D eigenvalue weighted by atomic mass is 16.1. The average Bonchev–Trinajstić information content (AvgIpc) is 2.38. The first-order chi connectivity index (χ1) is 9.10. The summed E-state index contributed by atoms with van der Waals surface area (Å²) in [6.45, 7) is 0. The van der Waals surface area contributed by atoms with Gasteiger partial charge in [0.25, 0.3) is 0 Å². The van der Waals surface area contributed by atoms with Crippen LogP contribution in [-0.4, -0.2) is 16.5 Å². The van der Waals surface area contributed by atoms with Crippen molar-refractivity contribution in [1.29, 1.82) is 10.7 Å². The summed E-state index contributed by atoms with van der Waals surface area (Å²) in [4.78, 5) is 13.9. The molecule has 0 aliphatic heterocycles. The maximum atomic E-state index is 11.2. The van der Waals surface area contributed by atoms with Crippen molar-refractivity contribution in [3.8, 4) is 6.07 Å². The third-order valence-electron chi connectivity index (χ3n) is 2.38. The minimum atomic E-state index is -0.413. The number of nitrogens with two attached hydrogens (primary N) is 1.